The van der Waals surface area contributed by atoms with Crippen LogP contribution in [0.15, 0.2) is 77.1 Å². The number of para-hydroxylation sites is 1. The summed E-state index contributed by atoms with van der Waals surface area (Å²) in [6.07, 6.45) is 0. The second kappa shape index (κ2) is 9.11. The molecule has 4 aromatic rings. The third-order valence-electron chi connectivity index (χ3n) is 4.48. The molecule has 3 aromatic carbocycles. The van der Waals surface area contributed by atoms with Gasteiger partial charge in [-0.1, -0.05) is 36.0 Å². The molecule has 2 N–H and O–H groups in total. The monoisotopic (exact) mass is 433 g/mol. The van der Waals surface area contributed by atoms with Gasteiger partial charge in [-0.3, -0.25) is 9.59 Å². The lowest BCUT2D eigenvalue weighted by atomic mass is 10.1. The van der Waals surface area contributed by atoms with Crippen LogP contribution in [0.4, 0.5) is 5.69 Å². The highest BCUT2D eigenvalue weighted by Crippen LogP contribution is 2.31. The van der Waals surface area contributed by atoms with Crippen LogP contribution in [-0.2, 0) is 5.75 Å². The Morgan fingerprint density at radius 2 is 1.57 bits per heavy atom. The predicted octanol–water partition coefficient (Wildman–Crippen LogP) is 5.20. The van der Waals surface area contributed by atoms with Crippen LogP contribution in [0.2, 0.25) is 0 Å². The van der Waals surface area contributed by atoms with E-state index in [1.807, 2.05) is 42.5 Å². The fourth-order valence-corrected chi connectivity index (χ4v) is 4.89. The average molecular weight is 434 g/mol. The largest absolute Gasteiger partial charge is 0.355 e. The van der Waals surface area contributed by atoms with Gasteiger partial charge in [-0.05, 0) is 54.1 Å². The van der Waals surface area contributed by atoms with Crippen LogP contribution in [0.25, 0.3) is 10.2 Å². The summed E-state index contributed by atoms with van der Waals surface area (Å²) in [5.41, 5.74) is 3.93. The van der Waals surface area contributed by atoms with Gasteiger partial charge in [0.15, 0.2) is 4.34 Å². The van der Waals surface area contributed by atoms with Crippen molar-refractivity contribution in [2.24, 2.45) is 0 Å². The Hall–Kier alpha value is -3.16. The lowest BCUT2D eigenvalue weighted by Gasteiger charge is -2.07. The number of hydrogen-bond donors (Lipinski definition) is 2. The van der Waals surface area contributed by atoms with Crippen molar-refractivity contribution in [2.45, 2.75) is 10.1 Å². The van der Waals surface area contributed by atoms with E-state index in [0.717, 1.165) is 21.2 Å². The highest BCUT2D eigenvalue weighted by molar-refractivity contribution is 8.00. The molecule has 0 bridgehead atoms. The SMILES string of the molecule is CNC(=O)c1ccc(NC(=O)c2ccc(CSc3nc4ccccc4s3)cc2)cc1. The topological polar surface area (TPSA) is 71.1 Å². The number of thioether (sulfide) groups is 1. The zero-order valence-electron chi connectivity index (χ0n) is 16.2. The van der Waals surface area contributed by atoms with Gasteiger partial charge in [0.05, 0.1) is 10.2 Å². The van der Waals surface area contributed by atoms with Crippen LogP contribution in [-0.4, -0.2) is 23.8 Å². The number of nitrogens with zero attached hydrogens (tertiary/aromatic N) is 1. The molecule has 0 radical (unpaired) electrons. The average Bonchev–Trinajstić information content (AvgIpc) is 3.21. The van der Waals surface area contributed by atoms with E-state index in [0.29, 0.717) is 16.8 Å². The Labute approximate surface area is 182 Å². The van der Waals surface area contributed by atoms with Crippen molar-refractivity contribution in [1.29, 1.82) is 0 Å². The molecule has 1 heterocycles. The summed E-state index contributed by atoms with van der Waals surface area (Å²) in [4.78, 5) is 28.7. The maximum Gasteiger partial charge on any atom is 0.255 e. The van der Waals surface area contributed by atoms with E-state index in [1.165, 1.54) is 4.70 Å². The lowest BCUT2D eigenvalue weighted by Crippen LogP contribution is -2.17. The first-order chi connectivity index (χ1) is 14.6. The molecule has 0 aliphatic carbocycles. The molecule has 7 heteroatoms. The number of carbonyl (C=O) groups is 2. The number of thiazole rings is 1. The highest BCUT2D eigenvalue weighted by atomic mass is 32.2. The molecule has 0 aliphatic rings. The normalized spacial score (nSPS) is 10.7. The summed E-state index contributed by atoms with van der Waals surface area (Å²) in [5.74, 6) is 0.447. The molecular weight excluding hydrogens is 414 g/mol. The third-order valence-corrected chi connectivity index (χ3v) is 6.74. The number of amides is 2. The second-order valence-corrected chi connectivity index (χ2v) is 8.80. The van der Waals surface area contributed by atoms with E-state index in [2.05, 4.69) is 21.7 Å². The minimum atomic E-state index is -0.187. The number of carbonyl (C=O) groups excluding carboxylic acids is 2. The Bertz CT molecular complexity index is 1150. The molecule has 0 atom stereocenters. The fraction of sp³-hybridized carbons (Fsp3) is 0.0870. The molecular formula is C23H19N3O2S2. The first-order valence-corrected chi connectivity index (χ1v) is 11.1. The maximum atomic E-state index is 12.5. The van der Waals surface area contributed by atoms with Gasteiger partial charge in [0.1, 0.15) is 0 Å². The van der Waals surface area contributed by atoms with E-state index in [9.17, 15) is 9.59 Å². The van der Waals surface area contributed by atoms with Crippen molar-refractivity contribution < 1.29 is 9.59 Å². The van der Waals surface area contributed by atoms with E-state index in [4.69, 9.17) is 0 Å². The van der Waals surface area contributed by atoms with Gasteiger partial charge in [-0.2, -0.15) is 0 Å². The van der Waals surface area contributed by atoms with E-state index < -0.39 is 0 Å². The molecule has 0 spiro atoms. The maximum absolute atomic E-state index is 12.5. The smallest absolute Gasteiger partial charge is 0.255 e. The van der Waals surface area contributed by atoms with E-state index in [-0.39, 0.29) is 11.8 Å². The standard InChI is InChI=1S/C23H19N3O2S2/c1-24-21(27)16-10-12-18(13-11-16)25-22(28)17-8-6-15(7-9-17)14-29-23-26-19-4-2-3-5-20(19)30-23/h2-13H,14H2,1H3,(H,24,27)(H,25,28). The lowest BCUT2D eigenvalue weighted by molar-refractivity contribution is 0.0962. The highest BCUT2D eigenvalue weighted by Gasteiger charge is 2.09. The van der Waals surface area contributed by atoms with Crippen LogP contribution >= 0.6 is 23.1 Å². The van der Waals surface area contributed by atoms with Crippen molar-refractivity contribution in [3.63, 3.8) is 0 Å². The number of fused-ring (bicyclic) bond motifs is 1. The van der Waals surface area contributed by atoms with Gasteiger partial charge in [-0.25, -0.2) is 4.98 Å². The van der Waals surface area contributed by atoms with Crippen LogP contribution in [0.5, 0.6) is 0 Å². The van der Waals surface area contributed by atoms with Gasteiger partial charge < -0.3 is 10.6 Å². The van der Waals surface area contributed by atoms with Gasteiger partial charge in [-0.15, -0.1) is 11.3 Å². The molecule has 150 valence electrons. The zero-order chi connectivity index (χ0) is 20.9. The Balaban J connectivity index is 1.35. The summed E-state index contributed by atoms with van der Waals surface area (Å²) in [7, 11) is 1.58. The molecule has 2 amide bonds. The minimum Gasteiger partial charge on any atom is -0.355 e. The Morgan fingerprint density at radius 1 is 0.900 bits per heavy atom. The molecule has 5 nitrogen and oxygen atoms in total. The molecule has 0 saturated carbocycles. The fourth-order valence-electron chi connectivity index (χ4n) is 2.86. The molecule has 0 aliphatic heterocycles. The summed E-state index contributed by atoms with van der Waals surface area (Å²) >= 11 is 3.39. The van der Waals surface area contributed by atoms with Crippen LogP contribution in [0, 0.1) is 0 Å². The van der Waals surface area contributed by atoms with Crippen LogP contribution < -0.4 is 10.6 Å². The summed E-state index contributed by atoms with van der Waals surface area (Å²) in [6.45, 7) is 0. The predicted molar refractivity (Wildman–Crippen MR) is 123 cm³/mol. The summed E-state index contributed by atoms with van der Waals surface area (Å²) in [6, 6.07) is 22.5. The van der Waals surface area contributed by atoms with Crippen molar-refractivity contribution in [2.75, 3.05) is 12.4 Å². The van der Waals surface area contributed by atoms with Crippen molar-refractivity contribution in [1.82, 2.24) is 10.3 Å². The van der Waals surface area contributed by atoms with E-state index in [1.54, 1.807) is 54.4 Å². The molecule has 1 aromatic heterocycles. The van der Waals surface area contributed by atoms with Crippen molar-refractivity contribution >= 4 is 50.8 Å². The number of nitrogens with one attached hydrogen (secondary N) is 2. The minimum absolute atomic E-state index is 0.160. The number of benzene rings is 3. The zero-order valence-corrected chi connectivity index (χ0v) is 17.8. The number of hydrogen-bond acceptors (Lipinski definition) is 5. The summed E-state index contributed by atoms with van der Waals surface area (Å²) in [5, 5.41) is 5.42. The first-order valence-electron chi connectivity index (χ1n) is 9.33. The number of rotatable bonds is 6. The number of anilines is 1. The summed E-state index contributed by atoms with van der Waals surface area (Å²) < 4.78 is 2.23. The van der Waals surface area contributed by atoms with Crippen LogP contribution in [0.1, 0.15) is 26.3 Å². The van der Waals surface area contributed by atoms with Gasteiger partial charge in [0.2, 0.25) is 0 Å². The van der Waals surface area contributed by atoms with Crippen LogP contribution in [0.3, 0.4) is 0 Å². The van der Waals surface area contributed by atoms with Gasteiger partial charge >= 0.3 is 0 Å². The Kier molecular flexibility index (Phi) is 6.11. The third kappa shape index (κ3) is 4.69. The number of aromatic nitrogens is 1. The quantitative estimate of drug-likeness (QED) is 0.410. The van der Waals surface area contributed by atoms with Crippen molar-refractivity contribution in [3.05, 3.63) is 89.5 Å². The molecule has 0 fully saturated rings. The van der Waals surface area contributed by atoms with Gasteiger partial charge in [0, 0.05) is 29.6 Å². The first kappa shape index (κ1) is 20.1. The molecule has 30 heavy (non-hydrogen) atoms. The Morgan fingerprint density at radius 3 is 2.27 bits per heavy atom. The van der Waals surface area contributed by atoms with Crippen molar-refractivity contribution in [3.8, 4) is 0 Å². The van der Waals surface area contributed by atoms with Gasteiger partial charge in [0.25, 0.3) is 11.8 Å². The second-order valence-electron chi connectivity index (χ2n) is 6.54. The molecule has 0 saturated heterocycles. The molecule has 0 unspecified atom stereocenters. The van der Waals surface area contributed by atoms with E-state index >= 15 is 0 Å². The molecule has 4 rings (SSSR count).